The van der Waals surface area contributed by atoms with Gasteiger partial charge in [-0.3, -0.25) is 4.79 Å². The van der Waals surface area contributed by atoms with Gasteiger partial charge in [0, 0.05) is 31.8 Å². The van der Waals surface area contributed by atoms with Gasteiger partial charge in [0.25, 0.3) is 0 Å². The van der Waals surface area contributed by atoms with Crippen molar-refractivity contribution in [2.45, 2.75) is 52.2 Å². The summed E-state index contributed by atoms with van der Waals surface area (Å²) in [5, 5.41) is 5.85. The molecule has 0 aliphatic carbocycles. The van der Waals surface area contributed by atoms with Crippen LogP contribution >= 0.6 is 0 Å². The van der Waals surface area contributed by atoms with Gasteiger partial charge in [0.05, 0.1) is 12.1 Å². The van der Waals surface area contributed by atoms with Crippen molar-refractivity contribution in [2.75, 3.05) is 25.0 Å². The van der Waals surface area contributed by atoms with Crippen molar-refractivity contribution in [2.24, 2.45) is 0 Å². The molecule has 3 amide bonds. The van der Waals surface area contributed by atoms with Crippen LogP contribution < -0.4 is 10.6 Å². The fourth-order valence-electron chi connectivity index (χ4n) is 2.85. The Morgan fingerprint density at radius 1 is 1.28 bits per heavy atom. The van der Waals surface area contributed by atoms with E-state index < -0.39 is 0 Å². The minimum Gasteiger partial charge on any atom is -0.376 e. The Bertz CT molecular complexity index is 568. The number of nitrogens with one attached hydrogen (secondary N) is 2. The molecule has 0 radical (unpaired) electrons. The Balaban J connectivity index is 1.89. The highest BCUT2D eigenvalue weighted by molar-refractivity contribution is 5.90. The second kappa shape index (κ2) is 9.42. The number of hydrogen-bond donors (Lipinski definition) is 2. The van der Waals surface area contributed by atoms with Gasteiger partial charge in [-0.15, -0.1) is 0 Å². The number of likely N-dealkylation sites (N-methyl/N-ethyl adjacent to an activating group) is 1. The third-order valence-electron chi connectivity index (χ3n) is 4.47. The van der Waals surface area contributed by atoms with Crippen LogP contribution in [0.4, 0.5) is 10.5 Å². The minimum absolute atomic E-state index is 0.0122. The summed E-state index contributed by atoms with van der Waals surface area (Å²) in [6.45, 7) is 7.83. The molecule has 1 aromatic rings. The molecule has 2 N–H and O–H groups in total. The molecule has 2 atom stereocenters. The van der Waals surface area contributed by atoms with Crippen LogP contribution in [0.5, 0.6) is 0 Å². The van der Waals surface area contributed by atoms with Gasteiger partial charge in [0.1, 0.15) is 0 Å². The third-order valence-corrected chi connectivity index (χ3v) is 4.47. The van der Waals surface area contributed by atoms with Gasteiger partial charge in [-0.25, -0.2) is 4.79 Å². The Labute approximate surface area is 149 Å². The Hall–Kier alpha value is -2.08. The van der Waals surface area contributed by atoms with Crippen molar-refractivity contribution in [3.63, 3.8) is 0 Å². The van der Waals surface area contributed by atoms with Gasteiger partial charge in [0.15, 0.2) is 0 Å². The van der Waals surface area contributed by atoms with Crippen LogP contribution in [-0.4, -0.2) is 42.6 Å². The monoisotopic (exact) mass is 347 g/mol. The van der Waals surface area contributed by atoms with Crippen LogP contribution in [0.15, 0.2) is 24.3 Å². The molecule has 6 nitrogen and oxygen atoms in total. The summed E-state index contributed by atoms with van der Waals surface area (Å²) in [7, 11) is 0. The smallest absolute Gasteiger partial charge is 0.317 e. The minimum atomic E-state index is -0.109. The van der Waals surface area contributed by atoms with Crippen molar-refractivity contribution >= 4 is 17.6 Å². The lowest BCUT2D eigenvalue weighted by Crippen LogP contribution is -2.44. The van der Waals surface area contributed by atoms with E-state index in [4.69, 9.17) is 4.74 Å². The van der Waals surface area contributed by atoms with Gasteiger partial charge in [0.2, 0.25) is 5.91 Å². The molecule has 1 aromatic carbocycles. The predicted molar refractivity (Wildman–Crippen MR) is 98.5 cm³/mol. The lowest BCUT2D eigenvalue weighted by atomic mass is 10.1. The number of rotatable bonds is 7. The molecule has 0 bridgehead atoms. The number of carbonyl (C=O) groups excluding carboxylic acids is 2. The lowest BCUT2D eigenvalue weighted by Gasteiger charge is -2.26. The van der Waals surface area contributed by atoms with E-state index in [0.717, 1.165) is 30.7 Å². The standard InChI is InChI=1S/C19H29N3O3/c1-4-18(23)21-16-10-8-15(9-11-16)14(3)20-19(24)22(5-2)13-17-7-6-12-25-17/h8-11,14,17H,4-7,12-13H2,1-3H3,(H,20,24)(H,21,23). The number of anilines is 1. The first-order valence-electron chi connectivity index (χ1n) is 9.10. The number of carbonyl (C=O) groups is 2. The van der Waals surface area contributed by atoms with Gasteiger partial charge in [-0.05, 0) is 44.4 Å². The van der Waals surface area contributed by atoms with E-state index in [-0.39, 0.29) is 24.1 Å². The highest BCUT2D eigenvalue weighted by Gasteiger charge is 2.22. The Morgan fingerprint density at radius 3 is 2.56 bits per heavy atom. The Kier molecular flexibility index (Phi) is 7.25. The van der Waals surface area contributed by atoms with Gasteiger partial charge in [-0.2, -0.15) is 0 Å². The van der Waals surface area contributed by atoms with E-state index in [1.165, 1.54) is 0 Å². The average Bonchev–Trinajstić information content (AvgIpc) is 3.13. The molecule has 0 saturated carbocycles. The van der Waals surface area contributed by atoms with Crippen molar-refractivity contribution in [3.8, 4) is 0 Å². The molecule has 0 aromatic heterocycles. The van der Waals surface area contributed by atoms with Crippen LogP contribution in [0, 0.1) is 0 Å². The number of hydrogen-bond acceptors (Lipinski definition) is 3. The summed E-state index contributed by atoms with van der Waals surface area (Å²) in [6, 6.07) is 7.38. The molecule has 1 aliphatic rings. The zero-order valence-corrected chi connectivity index (χ0v) is 15.4. The third kappa shape index (κ3) is 5.74. The highest BCUT2D eigenvalue weighted by atomic mass is 16.5. The van der Waals surface area contributed by atoms with Crippen molar-refractivity contribution in [1.82, 2.24) is 10.2 Å². The maximum absolute atomic E-state index is 12.5. The summed E-state index contributed by atoms with van der Waals surface area (Å²) in [6.07, 6.45) is 2.69. The topological polar surface area (TPSA) is 70.7 Å². The maximum Gasteiger partial charge on any atom is 0.317 e. The lowest BCUT2D eigenvalue weighted by molar-refractivity contribution is -0.115. The first-order valence-corrected chi connectivity index (χ1v) is 9.10. The predicted octanol–water partition coefficient (Wildman–Crippen LogP) is 3.31. The number of urea groups is 1. The molecule has 1 saturated heterocycles. The SMILES string of the molecule is CCC(=O)Nc1ccc(C(C)NC(=O)N(CC)CC2CCCO2)cc1. The van der Waals surface area contributed by atoms with Gasteiger partial charge in [-0.1, -0.05) is 19.1 Å². The Morgan fingerprint density at radius 2 is 2.00 bits per heavy atom. The quantitative estimate of drug-likeness (QED) is 0.795. The number of benzene rings is 1. The van der Waals surface area contributed by atoms with E-state index in [9.17, 15) is 9.59 Å². The van der Waals surface area contributed by atoms with Crippen molar-refractivity contribution in [3.05, 3.63) is 29.8 Å². The molecule has 138 valence electrons. The molecule has 25 heavy (non-hydrogen) atoms. The second-order valence-corrected chi connectivity index (χ2v) is 6.37. The van der Waals surface area contributed by atoms with Gasteiger partial charge >= 0.3 is 6.03 Å². The molecule has 2 rings (SSSR count). The van der Waals surface area contributed by atoms with Crippen molar-refractivity contribution in [1.29, 1.82) is 0 Å². The summed E-state index contributed by atoms with van der Waals surface area (Å²) in [5.41, 5.74) is 1.76. The summed E-state index contributed by atoms with van der Waals surface area (Å²) in [4.78, 5) is 25.7. The average molecular weight is 347 g/mol. The largest absolute Gasteiger partial charge is 0.376 e. The highest BCUT2D eigenvalue weighted by Crippen LogP contribution is 2.17. The van der Waals surface area contributed by atoms with E-state index in [0.29, 0.717) is 19.5 Å². The van der Waals surface area contributed by atoms with Crippen LogP contribution in [-0.2, 0) is 9.53 Å². The van der Waals surface area contributed by atoms with E-state index in [1.54, 1.807) is 4.90 Å². The summed E-state index contributed by atoms with van der Waals surface area (Å²) < 4.78 is 5.62. The number of amides is 3. The van der Waals surface area contributed by atoms with Gasteiger partial charge < -0.3 is 20.3 Å². The van der Waals surface area contributed by atoms with Crippen LogP contribution in [0.1, 0.15) is 51.6 Å². The molecule has 1 heterocycles. The molecule has 2 unspecified atom stereocenters. The molecule has 1 fully saturated rings. The van der Waals surface area contributed by atoms with E-state index in [2.05, 4.69) is 10.6 Å². The number of ether oxygens (including phenoxy) is 1. The summed E-state index contributed by atoms with van der Waals surface area (Å²) >= 11 is 0. The van der Waals surface area contributed by atoms with E-state index in [1.807, 2.05) is 45.0 Å². The molecular formula is C19H29N3O3. The first-order chi connectivity index (χ1) is 12.0. The van der Waals surface area contributed by atoms with Crippen molar-refractivity contribution < 1.29 is 14.3 Å². The van der Waals surface area contributed by atoms with E-state index >= 15 is 0 Å². The van der Waals surface area contributed by atoms with Crippen LogP contribution in [0.2, 0.25) is 0 Å². The van der Waals surface area contributed by atoms with Crippen LogP contribution in [0.3, 0.4) is 0 Å². The molecular weight excluding hydrogens is 318 g/mol. The fraction of sp³-hybridized carbons (Fsp3) is 0.579. The maximum atomic E-state index is 12.5. The zero-order valence-electron chi connectivity index (χ0n) is 15.4. The summed E-state index contributed by atoms with van der Waals surface area (Å²) in [5.74, 6) is -0.0122. The first kappa shape index (κ1) is 19.2. The fourth-order valence-corrected chi connectivity index (χ4v) is 2.85. The molecule has 0 spiro atoms. The second-order valence-electron chi connectivity index (χ2n) is 6.37. The molecule has 1 aliphatic heterocycles. The number of nitrogens with zero attached hydrogens (tertiary/aromatic N) is 1. The normalized spacial score (nSPS) is 17.8. The zero-order chi connectivity index (χ0) is 18.2. The van der Waals surface area contributed by atoms with Crippen LogP contribution in [0.25, 0.3) is 0 Å². The molecule has 6 heteroatoms.